The molecule has 1 aliphatic heterocycles. The van der Waals surface area contributed by atoms with Crippen LogP contribution in [0, 0.1) is 13.8 Å². The summed E-state index contributed by atoms with van der Waals surface area (Å²) in [5, 5.41) is 21.5. The number of hydrogen-bond donors (Lipinski definition) is 2. The highest BCUT2D eigenvalue weighted by Crippen LogP contribution is 2.26. The highest BCUT2D eigenvalue weighted by atomic mass is 16.3. The van der Waals surface area contributed by atoms with Gasteiger partial charge >= 0.3 is 0 Å². The van der Waals surface area contributed by atoms with Gasteiger partial charge in [0.25, 0.3) is 0 Å². The largest absolute Gasteiger partial charge is 0.507 e. The van der Waals surface area contributed by atoms with E-state index >= 15 is 0 Å². The second-order valence-corrected chi connectivity index (χ2v) is 8.98. The molecule has 0 atom stereocenters. The van der Waals surface area contributed by atoms with Crippen LogP contribution in [0.4, 0.5) is 0 Å². The van der Waals surface area contributed by atoms with Gasteiger partial charge in [0.05, 0.1) is 0 Å². The van der Waals surface area contributed by atoms with Gasteiger partial charge in [0.2, 0.25) is 0 Å². The van der Waals surface area contributed by atoms with Gasteiger partial charge in [0, 0.05) is 60.9 Å². The lowest BCUT2D eigenvalue weighted by Crippen LogP contribution is -2.25. The Morgan fingerprint density at radius 1 is 0.688 bits per heavy atom. The standard InChI is InChI=1S/C26H36N4O2/c1-19-11-21-15-27-7-5-8-28-16-22-12-20(2)14-24(26(22)32)18-30(4)10-6-9-29(3)17-23(13-19)25(21)31/h11-16,31-32H,5-10,17-18H2,1-4H3. The second kappa shape index (κ2) is 11.2. The van der Waals surface area contributed by atoms with Crippen LogP contribution in [0.5, 0.6) is 11.5 Å². The number of hydrogen-bond acceptors (Lipinski definition) is 6. The third kappa shape index (κ3) is 6.65. The number of fused-ring (bicyclic) bond motifs is 4. The second-order valence-electron chi connectivity index (χ2n) is 8.98. The molecule has 2 N–H and O–H groups in total. The minimum Gasteiger partial charge on any atom is -0.507 e. The molecule has 0 spiro atoms. The van der Waals surface area contributed by atoms with Crippen LogP contribution >= 0.6 is 0 Å². The zero-order valence-corrected chi connectivity index (χ0v) is 19.8. The summed E-state index contributed by atoms with van der Waals surface area (Å²) in [4.78, 5) is 13.5. The van der Waals surface area contributed by atoms with Crippen molar-refractivity contribution in [3.63, 3.8) is 0 Å². The Labute approximate surface area is 191 Å². The number of aromatic hydroxyl groups is 2. The van der Waals surface area contributed by atoms with E-state index in [9.17, 15) is 10.2 Å². The fraction of sp³-hybridized carbons (Fsp3) is 0.462. The minimum atomic E-state index is 0.320. The number of aryl methyl sites for hydroxylation is 2. The number of nitrogens with zero attached hydrogens (tertiary/aromatic N) is 4. The lowest BCUT2D eigenvalue weighted by molar-refractivity contribution is 0.266. The molecule has 1 heterocycles. The Hall–Kier alpha value is -2.70. The predicted octanol–water partition coefficient (Wildman–Crippen LogP) is 3.91. The molecule has 3 rings (SSSR count). The van der Waals surface area contributed by atoms with Crippen molar-refractivity contribution in [3.8, 4) is 11.5 Å². The quantitative estimate of drug-likeness (QED) is 0.657. The number of phenols is 2. The fourth-order valence-corrected chi connectivity index (χ4v) is 4.13. The first-order chi connectivity index (χ1) is 15.3. The van der Waals surface area contributed by atoms with E-state index in [4.69, 9.17) is 0 Å². The molecule has 6 nitrogen and oxygen atoms in total. The molecule has 0 aliphatic carbocycles. The van der Waals surface area contributed by atoms with Gasteiger partial charge in [-0.15, -0.1) is 0 Å². The van der Waals surface area contributed by atoms with Crippen molar-refractivity contribution in [1.82, 2.24) is 9.80 Å². The maximum absolute atomic E-state index is 10.7. The number of aliphatic imine (C=N–C) groups is 2. The summed E-state index contributed by atoms with van der Waals surface area (Å²) >= 11 is 0. The molecule has 1 aliphatic rings. The first-order valence-corrected chi connectivity index (χ1v) is 11.3. The van der Waals surface area contributed by atoms with E-state index in [2.05, 4.69) is 33.9 Å². The molecule has 4 bridgehead atoms. The van der Waals surface area contributed by atoms with Gasteiger partial charge in [-0.25, -0.2) is 0 Å². The predicted molar refractivity (Wildman–Crippen MR) is 133 cm³/mol. The topological polar surface area (TPSA) is 71.7 Å². The normalized spacial score (nSPS) is 17.4. The van der Waals surface area contributed by atoms with Gasteiger partial charge in [-0.3, -0.25) is 9.98 Å². The Bertz CT molecular complexity index is 907. The summed E-state index contributed by atoms with van der Waals surface area (Å²) in [6, 6.07) is 8.04. The molecule has 0 saturated carbocycles. The summed E-state index contributed by atoms with van der Waals surface area (Å²) in [6.07, 6.45) is 5.33. The lowest BCUT2D eigenvalue weighted by atomic mass is 10.0. The molecule has 2 aromatic carbocycles. The fourth-order valence-electron chi connectivity index (χ4n) is 4.13. The van der Waals surface area contributed by atoms with Crippen LogP contribution < -0.4 is 0 Å². The molecular formula is C26H36N4O2. The molecule has 0 radical (unpaired) electrons. The summed E-state index contributed by atoms with van der Waals surface area (Å²) in [7, 11) is 4.17. The summed E-state index contributed by atoms with van der Waals surface area (Å²) < 4.78 is 0. The maximum atomic E-state index is 10.7. The Kier molecular flexibility index (Phi) is 8.42. The van der Waals surface area contributed by atoms with E-state index in [1.807, 2.05) is 38.1 Å². The molecular weight excluding hydrogens is 400 g/mol. The maximum Gasteiger partial charge on any atom is 0.128 e. The summed E-state index contributed by atoms with van der Waals surface area (Å²) in [6.45, 7) is 8.58. The van der Waals surface area contributed by atoms with Gasteiger partial charge in [-0.05, 0) is 77.1 Å². The van der Waals surface area contributed by atoms with E-state index < -0.39 is 0 Å². The Morgan fingerprint density at radius 2 is 1.12 bits per heavy atom. The first-order valence-electron chi connectivity index (χ1n) is 11.3. The van der Waals surface area contributed by atoms with Crippen molar-refractivity contribution in [2.45, 2.75) is 39.8 Å². The van der Waals surface area contributed by atoms with Crippen LogP contribution in [-0.4, -0.2) is 72.7 Å². The molecule has 0 amide bonds. The lowest BCUT2D eigenvalue weighted by Gasteiger charge is -2.22. The number of phenolic OH excluding ortho intramolecular Hbond substituents is 2. The van der Waals surface area contributed by atoms with E-state index in [1.54, 1.807) is 12.4 Å². The SMILES string of the molecule is Cc1cc2c(O)c(c1)CN(C)CCCN(C)Cc1cc(C)cc(c1O)C=NCCCN=C2. The summed E-state index contributed by atoms with van der Waals surface area (Å²) in [5.41, 5.74) is 5.63. The number of benzene rings is 2. The van der Waals surface area contributed by atoms with Gasteiger partial charge in [-0.1, -0.05) is 12.1 Å². The van der Waals surface area contributed by atoms with Crippen molar-refractivity contribution in [2.75, 3.05) is 40.3 Å². The average Bonchev–Trinajstić information content (AvgIpc) is 2.72. The molecule has 0 aromatic heterocycles. The highest BCUT2D eigenvalue weighted by Gasteiger charge is 2.12. The van der Waals surface area contributed by atoms with Gasteiger partial charge in [0.1, 0.15) is 11.5 Å². The molecule has 2 aromatic rings. The van der Waals surface area contributed by atoms with E-state index in [0.29, 0.717) is 37.7 Å². The van der Waals surface area contributed by atoms with Gasteiger partial charge in [-0.2, -0.15) is 0 Å². The third-order valence-electron chi connectivity index (χ3n) is 5.72. The minimum absolute atomic E-state index is 0.320. The Morgan fingerprint density at radius 3 is 1.56 bits per heavy atom. The summed E-state index contributed by atoms with van der Waals surface area (Å²) in [5.74, 6) is 0.639. The van der Waals surface area contributed by atoms with Crippen molar-refractivity contribution in [1.29, 1.82) is 0 Å². The average molecular weight is 437 g/mol. The van der Waals surface area contributed by atoms with Crippen LogP contribution in [0.1, 0.15) is 46.2 Å². The van der Waals surface area contributed by atoms with E-state index in [0.717, 1.165) is 59.3 Å². The van der Waals surface area contributed by atoms with Crippen molar-refractivity contribution in [2.24, 2.45) is 9.98 Å². The van der Waals surface area contributed by atoms with E-state index in [-0.39, 0.29) is 0 Å². The van der Waals surface area contributed by atoms with E-state index in [1.165, 1.54) is 0 Å². The molecule has 0 unspecified atom stereocenters. The molecule has 0 saturated heterocycles. The van der Waals surface area contributed by atoms with Gasteiger partial charge < -0.3 is 20.0 Å². The van der Waals surface area contributed by atoms with Gasteiger partial charge in [0.15, 0.2) is 0 Å². The zero-order chi connectivity index (χ0) is 23.1. The van der Waals surface area contributed by atoms with Crippen molar-refractivity contribution < 1.29 is 10.2 Å². The van der Waals surface area contributed by atoms with Crippen molar-refractivity contribution >= 4 is 12.4 Å². The molecule has 0 fully saturated rings. The zero-order valence-electron chi connectivity index (χ0n) is 19.8. The van der Waals surface area contributed by atoms with Crippen LogP contribution in [0.15, 0.2) is 34.3 Å². The van der Waals surface area contributed by atoms with Crippen LogP contribution in [-0.2, 0) is 13.1 Å². The molecule has 32 heavy (non-hydrogen) atoms. The third-order valence-corrected chi connectivity index (χ3v) is 5.72. The monoisotopic (exact) mass is 436 g/mol. The highest BCUT2D eigenvalue weighted by molar-refractivity contribution is 5.85. The molecule has 172 valence electrons. The van der Waals surface area contributed by atoms with Crippen LogP contribution in [0.2, 0.25) is 0 Å². The van der Waals surface area contributed by atoms with Crippen LogP contribution in [0.25, 0.3) is 0 Å². The first kappa shape index (κ1) is 24.0. The number of rotatable bonds is 0. The Balaban J connectivity index is 1.82. The smallest absolute Gasteiger partial charge is 0.128 e. The molecule has 6 heteroatoms. The van der Waals surface area contributed by atoms with Crippen molar-refractivity contribution in [3.05, 3.63) is 57.6 Å². The van der Waals surface area contributed by atoms with Crippen LogP contribution in [0.3, 0.4) is 0 Å².